The van der Waals surface area contributed by atoms with Crippen LogP contribution in [0, 0.1) is 0 Å². The monoisotopic (exact) mass is 476 g/mol. The lowest BCUT2D eigenvalue weighted by molar-refractivity contribution is 0.220. The van der Waals surface area contributed by atoms with Gasteiger partial charge in [0.25, 0.3) is 0 Å². The number of nitrogens with one attached hydrogen (secondary N) is 1. The van der Waals surface area contributed by atoms with Gasteiger partial charge in [-0.25, -0.2) is 4.79 Å². The Hall–Kier alpha value is -2.49. The number of fused-ring (bicyclic) bond motifs is 1. The summed E-state index contributed by atoms with van der Waals surface area (Å²) in [6.45, 7) is 5.72. The van der Waals surface area contributed by atoms with Gasteiger partial charge in [-0.1, -0.05) is 88.6 Å². The lowest BCUT2D eigenvalue weighted by Gasteiger charge is -2.22. The van der Waals surface area contributed by atoms with E-state index < -0.39 is 0 Å². The number of carbonyl (C=O) groups is 1. The van der Waals surface area contributed by atoms with Gasteiger partial charge in [-0.3, -0.25) is 4.90 Å². The number of nitrogens with zero attached hydrogens (tertiary/aromatic N) is 1. The molecule has 1 aliphatic carbocycles. The molecule has 1 aliphatic heterocycles. The molecule has 2 aromatic rings. The molecule has 1 N–H and O–H groups in total. The van der Waals surface area contributed by atoms with Gasteiger partial charge in [0.15, 0.2) is 0 Å². The molecule has 0 radical (unpaired) electrons. The summed E-state index contributed by atoms with van der Waals surface area (Å²) in [6, 6.07) is 15.4. The maximum absolute atomic E-state index is 13.0. The van der Waals surface area contributed by atoms with Crippen molar-refractivity contribution in [1.29, 1.82) is 0 Å². The molecule has 2 aromatic carbocycles. The van der Waals surface area contributed by atoms with Crippen LogP contribution in [0.3, 0.4) is 0 Å². The summed E-state index contributed by atoms with van der Waals surface area (Å²) in [6.07, 6.45) is 15.0. The molecule has 1 heterocycles. The minimum atomic E-state index is -0.0139. The van der Waals surface area contributed by atoms with Gasteiger partial charge in [0.1, 0.15) is 5.75 Å². The van der Waals surface area contributed by atoms with Gasteiger partial charge in [0.2, 0.25) is 0 Å². The average Bonchev–Trinajstić information content (AvgIpc) is 3.25. The summed E-state index contributed by atoms with van der Waals surface area (Å²) in [5, 5.41) is 3.13. The second kappa shape index (κ2) is 13.0. The first-order valence-electron chi connectivity index (χ1n) is 14.1. The van der Waals surface area contributed by atoms with Crippen LogP contribution in [0.15, 0.2) is 42.5 Å². The standard InChI is InChI=1S/C31H44N2O2/c1-3-4-5-8-11-21-32-31(34)33-22-20-24(2)35-30-23-28(18-19-29(30)33)27-16-14-26(15-17-27)25-12-9-6-7-10-13-25/h14-19,23-25H,3-13,20-22H2,1-2H3,(H,32,34). The van der Waals surface area contributed by atoms with Crippen LogP contribution < -0.4 is 15.0 Å². The van der Waals surface area contributed by atoms with E-state index in [0.29, 0.717) is 12.5 Å². The fourth-order valence-corrected chi connectivity index (χ4v) is 5.51. The highest BCUT2D eigenvalue weighted by molar-refractivity contribution is 5.94. The molecular weight excluding hydrogens is 432 g/mol. The lowest BCUT2D eigenvalue weighted by Crippen LogP contribution is -2.41. The first-order chi connectivity index (χ1) is 17.2. The molecule has 1 unspecified atom stereocenters. The molecule has 0 bridgehead atoms. The summed E-state index contributed by atoms with van der Waals surface area (Å²) < 4.78 is 6.28. The van der Waals surface area contributed by atoms with E-state index in [9.17, 15) is 4.79 Å². The third-order valence-electron chi connectivity index (χ3n) is 7.71. The topological polar surface area (TPSA) is 41.6 Å². The molecular formula is C31H44N2O2. The second-order valence-corrected chi connectivity index (χ2v) is 10.5. The number of urea groups is 1. The zero-order valence-electron chi connectivity index (χ0n) is 21.9. The van der Waals surface area contributed by atoms with Gasteiger partial charge in [0.05, 0.1) is 11.8 Å². The molecule has 0 saturated heterocycles. The van der Waals surface area contributed by atoms with E-state index >= 15 is 0 Å². The summed E-state index contributed by atoms with van der Waals surface area (Å²) in [5.41, 5.74) is 4.69. The Morgan fingerprint density at radius 2 is 1.63 bits per heavy atom. The zero-order valence-corrected chi connectivity index (χ0v) is 21.9. The zero-order chi connectivity index (χ0) is 24.5. The highest BCUT2D eigenvalue weighted by Crippen LogP contribution is 2.38. The summed E-state index contributed by atoms with van der Waals surface area (Å²) in [7, 11) is 0. The average molecular weight is 477 g/mol. The highest BCUT2D eigenvalue weighted by atomic mass is 16.5. The van der Waals surface area contributed by atoms with Gasteiger partial charge >= 0.3 is 6.03 Å². The number of carbonyl (C=O) groups excluding carboxylic acids is 1. The Morgan fingerprint density at radius 1 is 0.914 bits per heavy atom. The van der Waals surface area contributed by atoms with Crippen LogP contribution in [0.1, 0.15) is 102 Å². The number of rotatable bonds is 8. The van der Waals surface area contributed by atoms with Crippen molar-refractivity contribution < 1.29 is 9.53 Å². The summed E-state index contributed by atoms with van der Waals surface area (Å²) in [5.74, 6) is 1.51. The Labute approximate surface area is 212 Å². The van der Waals surface area contributed by atoms with Crippen molar-refractivity contribution in [1.82, 2.24) is 5.32 Å². The van der Waals surface area contributed by atoms with Crippen molar-refractivity contribution in [2.24, 2.45) is 0 Å². The number of ether oxygens (including phenoxy) is 1. The number of hydrogen-bond acceptors (Lipinski definition) is 2. The largest absolute Gasteiger partial charge is 0.488 e. The van der Waals surface area contributed by atoms with Crippen molar-refractivity contribution in [3.63, 3.8) is 0 Å². The summed E-state index contributed by atoms with van der Waals surface area (Å²) >= 11 is 0. The van der Waals surface area contributed by atoms with E-state index in [1.165, 1.54) is 75.3 Å². The molecule has 4 rings (SSSR count). The van der Waals surface area contributed by atoms with Gasteiger partial charge in [-0.2, -0.15) is 0 Å². The fourth-order valence-electron chi connectivity index (χ4n) is 5.51. The van der Waals surface area contributed by atoms with Crippen molar-refractivity contribution in [2.75, 3.05) is 18.0 Å². The predicted octanol–water partition coefficient (Wildman–Crippen LogP) is 8.45. The van der Waals surface area contributed by atoms with Crippen LogP contribution in [-0.4, -0.2) is 25.2 Å². The molecule has 1 fully saturated rings. The molecule has 4 nitrogen and oxygen atoms in total. The Balaban J connectivity index is 1.45. The van der Waals surface area contributed by atoms with E-state index in [1.807, 2.05) is 4.90 Å². The van der Waals surface area contributed by atoms with Crippen molar-refractivity contribution in [3.05, 3.63) is 48.0 Å². The second-order valence-electron chi connectivity index (χ2n) is 10.5. The maximum Gasteiger partial charge on any atom is 0.321 e. The van der Waals surface area contributed by atoms with Crippen LogP contribution in [0.25, 0.3) is 11.1 Å². The maximum atomic E-state index is 13.0. The SMILES string of the molecule is CCCCCCCNC(=O)N1CCC(C)Oc2cc(-c3ccc(C4CCCCCC4)cc3)ccc21. The Bertz CT molecular complexity index is 931. The highest BCUT2D eigenvalue weighted by Gasteiger charge is 2.25. The van der Waals surface area contributed by atoms with Crippen molar-refractivity contribution in [2.45, 2.75) is 103 Å². The van der Waals surface area contributed by atoms with Crippen LogP contribution in [0.2, 0.25) is 0 Å². The normalized spacial score (nSPS) is 18.8. The number of anilines is 1. The molecule has 4 heteroatoms. The molecule has 1 atom stereocenters. The number of unbranched alkanes of at least 4 members (excludes halogenated alkanes) is 4. The van der Waals surface area contributed by atoms with Gasteiger partial charge in [-0.05, 0) is 60.9 Å². The Kier molecular flexibility index (Phi) is 9.50. The summed E-state index contributed by atoms with van der Waals surface area (Å²) in [4.78, 5) is 14.9. The third kappa shape index (κ3) is 7.02. The van der Waals surface area contributed by atoms with Crippen LogP contribution in [0.5, 0.6) is 5.75 Å². The predicted molar refractivity (Wildman–Crippen MR) is 147 cm³/mol. The number of hydrogen-bond donors (Lipinski definition) is 1. The lowest BCUT2D eigenvalue weighted by atomic mass is 9.90. The van der Waals surface area contributed by atoms with Crippen molar-refractivity contribution in [3.8, 4) is 16.9 Å². The molecule has 190 valence electrons. The third-order valence-corrected chi connectivity index (χ3v) is 7.71. The minimum absolute atomic E-state index is 0.0139. The minimum Gasteiger partial charge on any atom is -0.488 e. The first kappa shape index (κ1) is 25.6. The van der Waals surface area contributed by atoms with Gasteiger partial charge in [0, 0.05) is 19.5 Å². The van der Waals surface area contributed by atoms with Crippen LogP contribution in [0.4, 0.5) is 10.5 Å². The first-order valence-corrected chi connectivity index (χ1v) is 14.1. The number of benzene rings is 2. The molecule has 1 saturated carbocycles. The Morgan fingerprint density at radius 3 is 2.37 bits per heavy atom. The molecule has 0 aromatic heterocycles. The van der Waals surface area contributed by atoms with Crippen molar-refractivity contribution >= 4 is 11.7 Å². The molecule has 2 aliphatic rings. The van der Waals surface area contributed by atoms with E-state index in [-0.39, 0.29) is 12.1 Å². The smallest absolute Gasteiger partial charge is 0.321 e. The molecule has 0 spiro atoms. The van der Waals surface area contributed by atoms with Crippen LogP contribution in [-0.2, 0) is 0 Å². The van der Waals surface area contributed by atoms with Crippen LogP contribution >= 0.6 is 0 Å². The van der Waals surface area contributed by atoms with E-state index in [4.69, 9.17) is 4.74 Å². The van der Waals surface area contributed by atoms with E-state index in [0.717, 1.165) is 36.4 Å². The van der Waals surface area contributed by atoms with E-state index in [1.54, 1.807) is 0 Å². The number of amides is 2. The molecule has 2 amide bonds. The van der Waals surface area contributed by atoms with E-state index in [2.05, 4.69) is 61.6 Å². The van der Waals surface area contributed by atoms with Gasteiger partial charge < -0.3 is 10.1 Å². The fraction of sp³-hybridized carbons (Fsp3) is 0.581. The quantitative estimate of drug-likeness (QED) is 0.307. The van der Waals surface area contributed by atoms with Gasteiger partial charge in [-0.15, -0.1) is 0 Å². The molecule has 35 heavy (non-hydrogen) atoms.